The molecule has 1 nitrogen and oxygen atoms in total. The van der Waals surface area contributed by atoms with Gasteiger partial charge in [0.2, 0.25) is 0 Å². The summed E-state index contributed by atoms with van der Waals surface area (Å²) in [5, 5.41) is 5.40. The van der Waals surface area contributed by atoms with Crippen LogP contribution in [0.15, 0.2) is 28.6 Å². The number of thioether (sulfide) groups is 5. The van der Waals surface area contributed by atoms with Gasteiger partial charge in [-0.1, -0.05) is 35.3 Å². The molecule has 0 aromatic heterocycles. The Morgan fingerprint density at radius 2 is 1.86 bits per heavy atom. The molecule has 3 rings (SSSR count). The van der Waals surface area contributed by atoms with Crippen molar-refractivity contribution >= 4 is 58.8 Å². The van der Waals surface area contributed by atoms with Crippen LogP contribution in [-0.4, -0.2) is 12.4 Å². The fourth-order valence-corrected chi connectivity index (χ4v) is 7.11. The van der Waals surface area contributed by atoms with Crippen molar-refractivity contribution in [2.75, 3.05) is 12.4 Å². The van der Waals surface area contributed by atoms with Crippen molar-refractivity contribution in [2.45, 2.75) is 0 Å². The van der Waals surface area contributed by atoms with Crippen LogP contribution in [0.4, 0.5) is 0 Å². The summed E-state index contributed by atoms with van der Waals surface area (Å²) < 4.78 is 9.77. The van der Waals surface area contributed by atoms with Gasteiger partial charge in [-0.05, 0) is 22.6 Å². The van der Waals surface area contributed by atoms with E-state index in [2.05, 4.69) is 10.8 Å². The Kier molecular flexibility index (Phi) is 3.08. The SMILES string of the molecule is C1=CSC(=C2SC3=C(SCCO3)S2)S1. The molecule has 3 aliphatic heterocycles. The average molecular weight is 278 g/mol. The van der Waals surface area contributed by atoms with E-state index in [4.69, 9.17) is 4.74 Å². The van der Waals surface area contributed by atoms with E-state index < -0.39 is 0 Å². The monoisotopic (exact) mass is 278 g/mol. The van der Waals surface area contributed by atoms with Gasteiger partial charge in [0.1, 0.15) is 0 Å². The van der Waals surface area contributed by atoms with Gasteiger partial charge in [0.05, 0.1) is 19.3 Å². The van der Waals surface area contributed by atoms with Gasteiger partial charge in [0.25, 0.3) is 0 Å². The van der Waals surface area contributed by atoms with Gasteiger partial charge in [-0.3, -0.25) is 0 Å². The molecule has 0 atom stereocenters. The molecule has 0 bridgehead atoms. The lowest BCUT2D eigenvalue weighted by Crippen LogP contribution is -2.00. The summed E-state index contributed by atoms with van der Waals surface area (Å²) in [6, 6.07) is 0. The lowest BCUT2D eigenvalue weighted by Gasteiger charge is -2.11. The first-order valence-electron chi connectivity index (χ1n) is 4.02. The molecule has 74 valence electrons. The third-order valence-electron chi connectivity index (χ3n) is 1.66. The van der Waals surface area contributed by atoms with Crippen LogP contribution in [0.2, 0.25) is 0 Å². The molecule has 0 spiro atoms. The first-order chi connectivity index (χ1) is 6.93. The van der Waals surface area contributed by atoms with Crippen LogP contribution in [-0.2, 0) is 4.74 Å². The zero-order valence-electron chi connectivity index (χ0n) is 7.02. The van der Waals surface area contributed by atoms with E-state index >= 15 is 0 Å². The van der Waals surface area contributed by atoms with Crippen molar-refractivity contribution in [1.82, 2.24) is 0 Å². The molecular formula is C8H6OS5. The Labute approximate surface area is 104 Å². The highest BCUT2D eigenvalue weighted by Crippen LogP contribution is 2.60. The maximum absolute atomic E-state index is 5.62. The number of ether oxygens (including phenoxy) is 1. The highest BCUT2D eigenvalue weighted by Gasteiger charge is 2.28. The van der Waals surface area contributed by atoms with Crippen molar-refractivity contribution < 1.29 is 4.74 Å². The van der Waals surface area contributed by atoms with Crippen molar-refractivity contribution in [3.8, 4) is 0 Å². The van der Waals surface area contributed by atoms with E-state index in [1.807, 2.05) is 47.0 Å². The van der Waals surface area contributed by atoms with Crippen molar-refractivity contribution in [1.29, 1.82) is 0 Å². The maximum atomic E-state index is 5.62. The van der Waals surface area contributed by atoms with Crippen LogP contribution in [0, 0.1) is 0 Å². The molecular weight excluding hydrogens is 272 g/mol. The summed E-state index contributed by atoms with van der Waals surface area (Å²) >= 11 is 9.21. The molecule has 0 aromatic rings. The van der Waals surface area contributed by atoms with Crippen LogP contribution in [0.3, 0.4) is 0 Å². The van der Waals surface area contributed by atoms with Crippen LogP contribution in [0.5, 0.6) is 0 Å². The van der Waals surface area contributed by atoms with Gasteiger partial charge in [0, 0.05) is 5.75 Å². The van der Waals surface area contributed by atoms with Crippen molar-refractivity contribution in [3.05, 3.63) is 28.6 Å². The van der Waals surface area contributed by atoms with Gasteiger partial charge >= 0.3 is 0 Å². The van der Waals surface area contributed by atoms with Gasteiger partial charge < -0.3 is 4.74 Å². The Hall–Kier alpha value is 0.770. The summed E-state index contributed by atoms with van der Waals surface area (Å²) in [6.07, 6.45) is 0. The van der Waals surface area contributed by atoms with E-state index in [-0.39, 0.29) is 0 Å². The zero-order valence-corrected chi connectivity index (χ0v) is 11.1. The highest BCUT2D eigenvalue weighted by molar-refractivity contribution is 8.38. The lowest BCUT2D eigenvalue weighted by atomic mass is 10.8. The lowest BCUT2D eigenvalue weighted by molar-refractivity contribution is 0.259. The molecule has 0 aromatic carbocycles. The second-order valence-corrected chi connectivity index (χ2v) is 8.28. The highest BCUT2D eigenvalue weighted by atomic mass is 32.2. The van der Waals surface area contributed by atoms with E-state index in [1.165, 1.54) is 12.7 Å². The fraction of sp³-hybridized carbons (Fsp3) is 0.250. The van der Waals surface area contributed by atoms with Crippen LogP contribution in [0.25, 0.3) is 0 Å². The van der Waals surface area contributed by atoms with E-state index in [1.54, 1.807) is 11.8 Å². The molecule has 0 aliphatic carbocycles. The number of hydrogen-bond donors (Lipinski definition) is 0. The molecule has 3 aliphatic rings. The smallest absolute Gasteiger partial charge is 0.178 e. The Morgan fingerprint density at radius 1 is 1.00 bits per heavy atom. The summed E-state index contributed by atoms with van der Waals surface area (Å²) in [7, 11) is 0. The number of rotatable bonds is 0. The minimum Gasteiger partial charge on any atom is -0.484 e. The van der Waals surface area contributed by atoms with Crippen LogP contribution < -0.4 is 0 Å². The maximum Gasteiger partial charge on any atom is 0.178 e. The third kappa shape index (κ3) is 1.87. The minimum absolute atomic E-state index is 0.859. The van der Waals surface area contributed by atoms with Crippen molar-refractivity contribution in [2.24, 2.45) is 0 Å². The fourth-order valence-electron chi connectivity index (χ4n) is 1.10. The van der Waals surface area contributed by atoms with Crippen LogP contribution >= 0.6 is 58.8 Å². The van der Waals surface area contributed by atoms with Gasteiger partial charge in [0.15, 0.2) is 5.09 Å². The first-order valence-corrected chi connectivity index (χ1v) is 8.39. The van der Waals surface area contributed by atoms with Gasteiger partial charge in [-0.25, -0.2) is 0 Å². The zero-order chi connectivity index (χ0) is 9.38. The quantitative estimate of drug-likeness (QED) is 0.643. The standard InChI is InChI=1S/C8H6OS5/c1-2-10-6-5(9-1)13-8(14-6)7-11-3-4-12-7/h3-4H,1-2H2. The summed E-state index contributed by atoms with van der Waals surface area (Å²) in [5.41, 5.74) is 0. The second-order valence-electron chi connectivity index (χ2n) is 2.56. The second kappa shape index (κ2) is 4.33. The molecule has 0 amide bonds. The molecule has 6 heteroatoms. The van der Waals surface area contributed by atoms with Crippen molar-refractivity contribution in [3.63, 3.8) is 0 Å². The Bertz CT molecular complexity index is 327. The first kappa shape index (κ1) is 9.96. The summed E-state index contributed by atoms with van der Waals surface area (Å²) in [6.45, 7) is 0.859. The molecule has 0 saturated heterocycles. The summed E-state index contributed by atoms with van der Waals surface area (Å²) in [5.74, 6) is 1.09. The molecule has 0 N–H and O–H groups in total. The Balaban J connectivity index is 1.81. The molecule has 0 unspecified atom stereocenters. The Morgan fingerprint density at radius 3 is 2.64 bits per heavy atom. The third-order valence-corrected chi connectivity index (χ3v) is 8.14. The topological polar surface area (TPSA) is 9.23 Å². The normalized spacial score (nSPS) is 25.7. The minimum atomic E-state index is 0.859. The predicted molar refractivity (Wildman–Crippen MR) is 72.0 cm³/mol. The molecule has 3 heterocycles. The molecule has 0 radical (unpaired) electrons. The summed E-state index contributed by atoms with van der Waals surface area (Å²) in [4.78, 5) is 0. The molecule has 14 heavy (non-hydrogen) atoms. The van der Waals surface area contributed by atoms with Crippen LogP contribution in [0.1, 0.15) is 0 Å². The van der Waals surface area contributed by atoms with Gasteiger partial charge in [-0.15, -0.1) is 11.8 Å². The van der Waals surface area contributed by atoms with E-state index in [0.717, 1.165) is 17.5 Å². The predicted octanol–water partition coefficient (Wildman–Crippen LogP) is 4.43. The van der Waals surface area contributed by atoms with E-state index in [9.17, 15) is 0 Å². The van der Waals surface area contributed by atoms with E-state index in [0.29, 0.717) is 0 Å². The number of hydrogen-bond acceptors (Lipinski definition) is 6. The molecule has 0 saturated carbocycles. The van der Waals surface area contributed by atoms with Gasteiger partial charge in [-0.2, -0.15) is 0 Å². The largest absolute Gasteiger partial charge is 0.484 e. The average Bonchev–Trinajstić information content (AvgIpc) is 2.86. The molecule has 0 fully saturated rings.